The topological polar surface area (TPSA) is 9.72 Å². The van der Waals surface area contributed by atoms with Crippen molar-refractivity contribution in [1.29, 1.82) is 0 Å². The zero-order valence-electron chi connectivity index (χ0n) is 32.1. The molecule has 2 atom stereocenters. The van der Waals surface area contributed by atoms with Gasteiger partial charge in [0, 0.05) is 71.1 Å². The highest BCUT2D eigenvalue weighted by Gasteiger charge is 2.61. The van der Waals surface area contributed by atoms with Gasteiger partial charge in [0.1, 0.15) is 0 Å². The van der Waals surface area contributed by atoms with E-state index in [-0.39, 0.29) is 17.7 Å². The van der Waals surface area contributed by atoms with Crippen LogP contribution in [0.2, 0.25) is 0 Å². The third-order valence-corrected chi connectivity index (χ3v) is 15.1. The average Bonchev–Trinajstić information content (AvgIpc) is 3.70. The van der Waals surface area contributed by atoms with E-state index >= 15 is 0 Å². The van der Waals surface area contributed by atoms with Gasteiger partial charge in [-0.3, -0.25) is 0 Å². The van der Waals surface area contributed by atoms with E-state index in [4.69, 9.17) is 0 Å². The van der Waals surface area contributed by atoms with Crippen LogP contribution in [0.3, 0.4) is 0 Å². The Kier molecular flexibility index (Phi) is 6.74. The van der Waals surface area contributed by atoms with Crippen LogP contribution in [-0.2, 0) is 5.41 Å². The maximum Gasteiger partial charge on any atom is 0.252 e. The fraction of sp³-hybridized carbons (Fsp3) is 0.176. The van der Waals surface area contributed by atoms with E-state index in [0.717, 1.165) is 17.1 Å². The average molecular weight is 740 g/mol. The van der Waals surface area contributed by atoms with E-state index in [9.17, 15) is 0 Å². The smallest absolute Gasteiger partial charge is 0.252 e. The summed E-state index contributed by atoms with van der Waals surface area (Å²) in [5.41, 5.74) is 17.2. The summed E-state index contributed by atoms with van der Waals surface area (Å²) in [4.78, 5) is 7.84. The molecular weight excluding hydrogens is 697 g/mol. The predicted octanol–water partition coefficient (Wildman–Crippen LogP) is 12.2. The van der Waals surface area contributed by atoms with Crippen molar-refractivity contribution in [3.8, 4) is 0 Å². The third kappa shape index (κ3) is 4.24. The Morgan fingerprint density at radius 2 is 1.30 bits per heavy atom. The molecule has 2 unspecified atom stereocenters. The highest BCUT2D eigenvalue weighted by atomic mass is 32.1. The van der Waals surface area contributed by atoms with Crippen molar-refractivity contribution in [3.05, 3.63) is 163 Å². The Balaban J connectivity index is 1.16. The Labute approximate surface area is 333 Å². The van der Waals surface area contributed by atoms with Gasteiger partial charge in [-0.2, -0.15) is 0 Å². The largest absolute Gasteiger partial charge is 0.335 e. The molecule has 4 aliphatic rings. The van der Waals surface area contributed by atoms with Crippen molar-refractivity contribution < 1.29 is 0 Å². The van der Waals surface area contributed by atoms with Crippen molar-refractivity contribution in [2.75, 3.05) is 14.7 Å². The Morgan fingerprint density at radius 3 is 2.11 bits per heavy atom. The molecule has 0 bridgehead atoms. The zero-order chi connectivity index (χ0) is 37.3. The molecule has 0 radical (unpaired) electrons. The monoisotopic (exact) mass is 739 g/mol. The molecule has 1 saturated carbocycles. The summed E-state index contributed by atoms with van der Waals surface area (Å²) in [6.07, 6.45) is 4.99. The SMILES string of the molecule is Cc1cc2c3c(c1)N1c4c(cccc4C4(C)CCCCC14C)B3c1ccc(N(c3ccccc3)c3ccccc3)cc1N2c1ccc2sc3ccccc3c2c1. The number of para-hydroxylation sites is 3. The molecule has 0 amide bonds. The molecule has 8 aromatic rings. The van der Waals surface area contributed by atoms with Crippen LogP contribution in [0.5, 0.6) is 0 Å². The van der Waals surface area contributed by atoms with Crippen molar-refractivity contribution in [2.24, 2.45) is 0 Å². The van der Waals surface area contributed by atoms with Crippen LogP contribution >= 0.6 is 11.3 Å². The van der Waals surface area contributed by atoms with Gasteiger partial charge in [-0.1, -0.05) is 98.6 Å². The van der Waals surface area contributed by atoms with Gasteiger partial charge in [0.25, 0.3) is 6.71 Å². The number of anilines is 8. The first-order valence-electron chi connectivity index (χ1n) is 20.3. The maximum atomic E-state index is 2.83. The first kappa shape index (κ1) is 32.5. The Bertz CT molecular complexity index is 2860. The van der Waals surface area contributed by atoms with Crippen molar-refractivity contribution in [3.63, 3.8) is 0 Å². The van der Waals surface area contributed by atoms with E-state index in [2.05, 4.69) is 187 Å². The molecule has 0 saturated heterocycles. The van der Waals surface area contributed by atoms with E-state index in [1.54, 1.807) is 5.56 Å². The van der Waals surface area contributed by atoms with E-state index in [1.165, 1.54) is 96.2 Å². The fourth-order valence-electron chi connectivity index (χ4n) is 11.3. The molecule has 4 heterocycles. The standard InChI is InChI=1S/C51H42BN3S/c1-33-29-44-48-45(30-33)55-49-40(50(2)27-12-13-28-51(50,55)3)20-14-21-42(49)52(48)41-25-23-37(53(34-15-6-4-7-16-34)35-17-8-5-9-18-35)32-43(41)54(44)36-24-26-47-39(31-36)38-19-10-11-22-46(38)56-47/h4-11,14-26,29-32H,12-13,27-28H2,1-3H3. The minimum absolute atomic E-state index is 0.00551. The van der Waals surface area contributed by atoms with Gasteiger partial charge < -0.3 is 14.7 Å². The first-order valence-corrected chi connectivity index (χ1v) is 21.1. The second-order valence-corrected chi connectivity index (χ2v) is 18.0. The lowest BCUT2D eigenvalue weighted by Gasteiger charge is -2.52. The number of hydrogen-bond donors (Lipinski definition) is 0. The van der Waals surface area contributed by atoms with Gasteiger partial charge in [0.05, 0.1) is 5.54 Å². The normalized spacial score (nSPS) is 20.2. The van der Waals surface area contributed by atoms with Crippen LogP contribution in [0.25, 0.3) is 20.2 Å². The minimum atomic E-state index is 0.00551. The Morgan fingerprint density at radius 1 is 0.589 bits per heavy atom. The highest BCUT2D eigenvalue weighted by Crippen LogP contribution is 2.61. The van der Waals surface area contributed by atoms with Crippen LogP contribution < -0.4 is 31.1 Å². The molecule has 3 aliphatic heterocycles. The first-order chi connectivity index (χ1) is 27.4. The molecular formula is C51H42BN3S. The number of thiophene rings is 1. The molecule has 7 aromatic carbocycles. The van der Waals surface area contributed by atoms with Crippen molar-refractivity contribution in [2.45, 2.75) is 57.4 Å². The molecule has 0 N–H and O–H groups in total. The lowest BCUT2D eigenvalue weighted by atomic mass is 9.33. The lowest BCUT2D eigenvalue weighted by Crippen LogP contribution is -2.64. The minimum Gasteiger partial charge on any atom is -0.335 e. The molecule has 1 aliphatic carbocycles. The molecule has 1 aromatic heterocycles. The van der Waals surface area contributed by atoms with Crippen molar-refractivity contribution >= 4 is 100 Å². The predicted molar refractivity (Wildman–Crippen MR) is 241 cm³/mol. The maximum absolute atomic E-state index is 2.83. The van der Waals surface area contributed by atoms with Gasteiger partial charge in [0.15, 0.2) is 0 Å². The molecule has 12 rings (SSSR count). The van der Waals surface area contributed by atoms with Crippen LogP contribution in [0, 0.1) is 6.92 Å². The van der Waals surface area contributed by atoms with E-state index in [1.807, 2.05) is 11.3 Å². The van der Waals surface area contributed by atoms with Crippen LogP contribution in [0.4, 0.5) is 45.5 Å². The second kappa shape index (κ2) is 11.6. The lowest BCUT2D eigenvalue weighted by molar-refractivity contribution is 0.195. The second-order valence-electron chi connectivity index (χ2n) is 16.9. The summed E-state index contributed by atoms with van der Waals surface area (Å²) in [6.45, 7) is 7.56. The quantitative estimate of drug-likeness (QED) is 0.166. The van der Waals surface area contributed by atoms with Crippen LogP contribution in [0.1, 0.15) is 50.7 Å². The molecule has 0 spiro atoms. The van der Waals surface area contributed by atoms with Gasteiger partial charge in [-0.05, 0) is 127 Å². The number of nitrogens with zero attached hydrogens (tertiary/aromatic N) is 3. The third-order valence-electron chi connectivity index (χ3n) is 14.0. The van der Waals surface area contributed by atoms with Gasteiger partial charge in [-0.15, -0.1) is 11.3 Å². The van der Waals surface area contributed by atoms with Gasteiger partial charge in [-0.25, -0.2) is 0 Å². The van der Waals surface area contributed by atoms with E-state index in [0.29, 0.717) is 0 Å². The summed E-state index contributed by atoms with van der Waals surface area (Å²) >= 11 is 1.89. The zero-order valence-corrected chi connectivity index (χ0v) is 32.9. The molecule has 1 fully saturated rings. The highest BCUT2D eigenvalue weighted by molar-refractivity contribution is 7.25. The molecule has 56 heavy (non-hydrogen) atoms. The van der Waals surface area contributed by atoms with Crippen LogP contribution in [0.15, 0.2) is 152 Å². The molecule has 5 heteroatoms. The van der Waals surface area contributed by atoms with Crippen LogP contribution in [-0.4, -0.2) is 12.3 Å². The summed E-state index contributed by atoms with van der Waals surface area (Å²) < 4.78 is 2.66. The summed E-state index contributed by atoms with van der Waals surface area (Å²) in [5, 5.41) is 2.64. The number of hydrogen-bond acceptors (Lipinski definition) is 4. The number of aryl methyl sites for hydroxylation is 1. The summed E-state index contributed by atoms with van der Waals surface area (Å²) in [5.74, 6) is 0. The molecule has 270 valence electrons. The van der Waals surface area contributed by atoms with Crippen molar-refractivity contribution in [1.82, 2.24) is 0 Å². The number of benzene rings is 7. The number of rotatable bonds is 4. The van der Waals surface area contributed by atoms with Gasteiger partial charge in [0.2, 0.25) is 0 Å². The number of fused-ring (bicyclic) bond motifs is 10. The van der Waals surface area contributed by atoms with E-state index < -0.39 is 0 Å². The van der Waals surface area contributed by atoms with Gasteiger partial charge >= 0.3 is 0 Å². The summed E-state index contributed by atoms with van der Waals surface area (Å²) in [7, 11) is 0. The fourth-order valence-corrected chi connectivity index (χ4v) is 12.4. The summed E-state index contributed by atoms with van der Waals surface area (Å²) in [6, 6.07) is 57.2. The molecule has 3 nitrogen and oxygen atoms in total. The Hall–Kier alpha value is -5.78.